The Hall–Kier alpha value is -3.35. The van der Waals surface area contributed by atoms with Gasteiger partial charge in [0.05, 0.1) is 26.4 Å². The van der Waals surface area contributed by atoms with E-state index in [1.807, 2.05) is 36.4 Å². The molecule has 0 heterocycles. The van der Waals surface area contributed by atoms with Gasteiger partial charge >= 0.3 is 0 Å². The van der Waals surface area contributed by atoms with Gasteiger partial charge in [0.1, 0.15) is 17.5 Å². The molecule has 7 nitrogen and oxygen atoms in total. The number of carbonyl (C=O) groups excluding carboxylic acids is 2. The van der Waals surface area contributed by atoms with Crippen LogP contribution in [0.4, 0.5) is 0 Å². The fourth-order valence-corrected chi connectivity index (χ4v) is 2.59. The Labute approximate surface area is 177 Å². The summed E-state index contributed by atoms with van der Waals surface area (Å²) in [6, 6.07) is 14.0. The normalized spacial score (nSPS) is 11.7. The van der Waals surface area contributed by atoms with Gasteiger partial charge in [0, 0.05) is 5.56 Å². The Morgan fingerprint density at radius 1 is 1.13 bits per heavy atom. The van der Waals surface area contributed by atoms with E-state index in [0.29, 0.717) is 12.4 Å². The number of methoxy groups -OCH3 is 1. The molecule has 2 rings (SSSR count). The summed E-state index contributed by atoms with van der Waals surface area (Å²) in [4.78, 5) is 24.4. The second kappa shape index (κ2) is 12.3. The fraction of sp³-hybridized carbons (Fsp3) is 0.348. The summed E-state index contributed by atoms with van der Waals surface area (Å²) < 4.78 is 10.8. The maximum atomic E-state index is 12.2. The number of hydrazone groups is 1. The van der Waals surface area contributed by atoms with E-state index in [2.05, 4.69) is 22.8 Å². The second-order valence-electron chi connectivity index (χ2n) is 6.79. The molecule has 0 aliphatic heterocycles. The first kappa shape index (κ1) is 22.9. The zero-order valence-electron chi connectivity index (χ0n) is 17.7. The summed E-state index contributed by atoms with van der Waals surface area (Å²) in [5.74, 6) is 0.784. The standard InChI is InChI=1S/C23H29N3O4/c1-4-5-14-30-21-9-7-6-8-19(21)16-24-26-23(28)17(2)25-22(27)15-18-10-12-20(29-3)13-11-18/h6-13,16-17H,4-5,14-15H2,1-3H3,(H,25,27)(H,26,28). The highest BCUT2D eigenvalue weighted by Crippen LogP contribution is 2.16. The molecule has 0 aromatic heterocycles. The first-order valence-electron chi connectivity index (χ1n) is 10.0. The fourth-order valence-electron chi connectivity index (χ4n) is 2.59. The average Bonchev–Trinajstić information content (AvgIpc) is 2.75. The molecular formula is C23H29N3O4. The molecule has 7 heteroatoms. The number of carbonyl (C=O) groups is 2. The molecule has 0 aliphatic rings. The minimum Gasteiger partial charge on any atom is -0.497 e. The third-order valence-corrected chi connectivity index (χ3v) is 4.35. The van der Waals surface area contributed by atoms with Crippen LogP contribution >= 0.6 is 0 Å². The molecule has 160 valence electrons. The summed E-state index contributed by atoms with van der Waals surface area (Å²) in [5.41, 5.74) is 4.05. The summed E-state index contributed by atoms with van der Waals surface area (Å²) in [7, 11) is 1.59. The van der Waals surface area contributed by atoms with E-state index in [0.717, 1.165) is 29.7 Å². The smallest absolute Gasteiger partial charge is 0.262 e. The zero-order chi connectivity index (χ0) is 21.8. The van der Waals surface area contributed by atoms with Crippen LogP contribution in [0.25, 0.3) is 0 Å². The van der Waals surface area contributed by atoms with E-state index >= 15 is 0 Å². The lowest BCUT2D eigenvalue weighted by molar-refractivity contribution is -0.128. The molecule has 1 atom stereocenters. The van der Waals surface area contributed by atoms with Crippen molar-refractivity contribution in [3.8, 4) is 11.5 Å². The Morgan fingerprint density at radius 3 is 2.57 bits per heavy atom. The summed E-state index contributed by atoms with van der Waals surface area (Å²) in [6.07, 6.45) is 3.72. The number of nitrogens with zero attached hydrogens (tertiary/aromatic N) is 1. The van der Waals surface area contributed by atoms with Crippen molar-refractivity contribution in [3.63, 3.8) is 0 Å². The van der Waals surface area contributed by atoms with Gasteiger partial charge < -0.3 is 14.8 Å². The van der Waals surface area contributed by atoms with Gasteiger partial charge in [-0.25, -0.2) is 5.43 Å². The summed E-state index contributed by atoms with van der Waals surface area (Å²) in [6.45, 7) is 4.34. The van der Waals surface area contributed by atoms with Crippen molar-refractivity contribution in [2.24, 2.45) is 5.10 Å². The van der Waals surface area contributed by atoms with Crippen LogP contribution in [0, 0.1) is 0 Å². The molecule has 30 heavy (non-hydrogen) atoms. The van der Waals surface area contributed by atoms with Crippen LogP contribution < -0.4 is 20.2 Å². The van der Waals surface area contributed by atoms with Gasteiger partial charge in [-0.15, -0.1) is 0 Å². The number of para-hydroxylation sites is 1. The first-order valence-corrected chi connectivity index (χ1v) is 10.0. The Kier molecular flexibility index (Phi) is 9.37. The summed E-state index contributed by atoms with van der Waals surface area (Å²) in [5, 5.41) is 6.66. The van der Waals surface area contributed by atoms with Crippen LogP contribution in [0.5, 0.6) is 11.5 Å². The SMILES string of the molecule is CCCCOc1ccccc1C=NNC(=O)C(C)NC(=O)Cc1ccc(OC)cc1. The Morgan fingerprint density at radius 2 is 1.87 bits per heavy atom. The third kappa shape index (κ3) is 7.58. The predicted octanol–water partition coefficient (Wildman–Crippen LogP) is 3.07. The van der Waals surface area contributed by atoms with Gasteiger partial charge in [0.15, 0.2) is 0 Å². The molecule has 0 radical (unpaired) electrons. The van der Waals surface area contributed by atoms with Crippen molar-refractivity contribution >= 4 is 18.0 Å². The Balaban J connectivity index is 1.83. The molecule has 0 saturated heterocycles. The number of ether oxygens (including phenoxy) is 2. The third-order valence-electron chi connectivity index (χ3n) is 4.35. The molecule has 0 saturated carbocycles. The average molecular weight is 412 g/mol. The van der Waals surface area contributed by atoms with Crippen molar-refractivity contribution in [2.75, 3.05) is 13.7 Å². The van der Waals surface area contributed by atoms with Crippen molar-refractivity contribution < 1.29 is 19.1 Å². The Bertz CT molecular complexity index is 850. The second-order valence-corrected chi connectivity index (χ2v) is 6.79. The van der Waals surface area contributed by atoms with Crippen LogP contribution in [0.2, 0.25) is 0 Å². The number of benzene rings is 2. The predicted molar refractivity (Wildman–Crippen MR) is 117 cm³/mol. The minimum atomic E-state index is -0.719. The molecule has 2 aromatic carbocycles. The molecule has 0 bridgehead atoms. The van der Waals surface area contributed by atoms with Gasteiger partial charge in [-0.2, -0.15) is 5.10 Å². The topological polar surface area (TPSA) is 89.0 Å². The van der Waals surface area contributed by atoms with Crippen LogP contribution in [0.15, 0.2) is 53.6 Å². The maximum Gasteiger partial charge on any atom is 0.262 e. The first-order chi connectivity index (χ1) is 14.5. The van der Waals surface area contributed by atoms with Gasteiger partial charge in [0.25, 0.3) is 5.91 Å². The summed E-state index contributed by atoms with van der Waals surface area (Å²) >= 11 is 0. The molecule has 2 N–H and O–H groups in total. The number of hydrogen-bond acceptors (Lipinski definition) is 5. The monoisotopic (exact) mass is 411 g/mol. The number of nitrogens with one attached hydrogen (secondary N) is 2. The number of unbranched alkanes of at least 4 members (excludes halogenated alkanes) is 1. The maximum absolute atomic E-state index is 12.2. The van der Waals surface area contributed by atoms with E-state index in [9.17, 15) is 9.59 Å². The van der Waals surface area contributed by atoms with Crippen molar-refractivity contribution in [2.45, 2.75) is 39.2 Å². The van der Waals surface area contributed by atoms with Crippen LogP contribution in [-0.2, 0) is 16.0 Å². The molecule has 1 unspecified atom stereocenters. The number of rotatable bonds is 11. The van der Waals surface area contributed by atoms with Crippen LogP contribution in [0.1, 0.15) is 37.8 Å². The molecule has 2 aromatic rings. The van der Waals surface area contributed by atoms with E-state index in [4.69, 9.17) is 9.47 Å². The quantitative estimate of drug-likeness (QED) is 0.338. The van der Waals surface area contributed by atoms with E-state index in [1.165, 1.54) is 6.21 Å². The van der Waals surface area contributed by atoms with Crippen molar-refractivity contribution in [1.29, 1.82) is 0 Å². The van der Waals surface area contributed by atoms with Crippen molar-refractivity contribution in [1.82, 2.24) is 10.7 Å². The van der Waals surface area contributed by atoms with Gasteiger partial charge in [-0.3, -0.25) is 9.59 Å². The van der Waals surface area contributed by atoms with Gasteiger partial charge in [-0.1, -0.05) is 37.6 Å². The van der Waals surface area contributed by atoms with Crippen LogP contribution in [-0.4, -0.2) is 37.8 Å². The lowest BCUT2D eigenvalue weighted by atomic mass is 10.1. The van der Waals surface area contributed by atoms with Gasteiger partial charge in [-0.05, 0) is 43.2 Å². The highest BCUT2D eigenvalue weighted by molar-refractivity contribution is 5.89. The molecule has 0 spiro atoms. The lowest BCUT2D eigenvalue weighted by Gasteiger charge is -2.12. The van der Waals surface area contributed by atoms with E-state index in [-0.39, 0.29) is 12.3 Å². The highest BCUT2D eigenvalue weighted by atomic mass is 16.5. The minimum absolute atomic E-state index is 0.174. The zero-order valence-corrected chi connectivity index (χ0v) is 17.7. The lowest BCUT2D eigenvalue weighted by Crippen LogP contribution is -2.43. The van der Waals surface area contributed by atoms with Gasteiger partial charge in [0.2, 0.25) is 5.91 Å². The number of amides is 2. The van der Waals surface area contributed by atoms with Crippen LogP contribution in [0.3, 0.4) is 0 Å². The highest BCUT2D eigenvalue weighted by Gasteiger charge is 2.15. The van der Waals surface area contributed by atoms with E-state index < -0.39 is 11.9 Å². The molecule has 0 fully saturated rings. The largest absolute Gasteiger partial charge is 0.497 e. The molecule has 0 aliphatic carbocycles. The molecule has 2 amide bonds. The number of hydrogen-bond donors (Lipinski definition) is 2. The van der Waals surface area contributed by atoms with Crippen molar-refractivity contribution in [3.05, 3.63) is 59.7 Å². The molecular weight excluding hydrogens is 382 g/mol. The van der Waals surface area contributed by atoms with E-state index in [1.54, 1.807) is 26.2 Å².